The van der Waals surface area contributed by atoms with Crippen LogP contribution in [0.3, 0.4) is 0 Å². The summed E-state index contributed by atoms with van der Waals surface area (Å²) in [7, 11) is 0. The number of hydrogen-bond acceptors (Lipinski definition) is 7. The van der Waals surface area contributed by atoms with Crippen molar-refractivity contribution in [1.29, 1.82) is 0 Å². The zero-order valence-corrected chi connectivity index (χ0v) is 16.1. The van der Waals surface area contributed by atoms with Crippen LogP contribution in [-0.4, -0.2) is 46.8 Å². The highest BCUT2D eigenvalue weighted by Crippen LogP contribution is 2.18. The van der Waals surface area contributed by atoms with Gasteiger partial charge in [-0.3, -0.25) is 39.7 Å². The van der Waals surface area contributed by atoms with Crippen molar-refractivity contribution in [3.8, 4) is 0 Å². The first-order valence-electron chi connectivity index (χ1n) is 9.21. The number of anilines is 1. The highest BCUT2D eigenvalue weighted by molar-refractivity contribution is 5.97. The molecule has 11 heteroatoms. The fraction of sp³-hybridized carbons (Fsp3) is 0.200. The maximum atomic E-state index is 12.2. The Morgan fingerprint density at radius 2 is 1.77 bits per heavy atom. The molecule has 3 rings (SSSR count). The zero-order chi connectivity index (χ0) is 22.4. The summed E-state index contributed by atoms with van der Waals surface area (Å²) in [5.41, 5.74) is 2.86. The number of esters is 1. The predicted octanol–water partition coefficient (Wildman–Crippen LogP) is 1.27. The van der Waals surface area contributed by atoms with E-state index in [1.54, 1.807) is 30.3 Å². The van der Waals surface area contributed by atoms with Crippen LogP contribution in [-0.2, 0) is 19.1 Å². The van der Waals surface area contributed by atoms with E-state index in [0.717, 1.165) is 5.01 Å². The van der Waals surface area contributed by atoms with Crippen LogP contribution < -0.4 is 10.7 Å². The molecule has 1 atom stereocenters. The van der Waals surface area contributed by atoms with Crippen molar-refractivity contribution in [2.75, 3.05) is 18.5 Å². The third kappa shape index (κ3) is 5.63. The highest BCUT2D eigenvalue weighted by atomic mass is 16.6. The molecule has 1 fully saturated rings. The summed E-state index contributed by atoms with van der Waals surface area (Å²) < 4.78 is 4.98. The first-order valence-corrected chi connectivity index (χ1v) is 9.21. The number of non-ortho nitro benzene ring substituents is 1. The first kappa shape index (κ1) is 21.4. The number of nitrogens with one attached hydrogen (secondary N) is 2. The lowest BCUT2D eigenvalue weighted by atomic mass is 10.1. The number of amides is 3. The molecule has 2 aromatic carbocycles. The van der Waals surface area contributed by atoms with Crippen molar-refractivity contribution in [2.45, 2.75) is 6.42 Å². The lowest BCUT2D eigenvalue weighted by molar-refractivity contribution is -0.384. The van der Waals surface area contributed by atoms with E-state index in [1.165, 1.54) is 24.3 Å². The minimum atomic E-state index is -0.839. The average molecular weight is 426 g/mol. The molecule has 0 saturated carbocycles. The average Bonchev–Trinajstić information content (AvgIpc) is 3.13. The van der Waals surface area contributed by atoms with E-state index in [0.29, 0.717) is 5.69 Å². The Hall–Kier alpha value is -4.28. The second kappa shape index (κ2) is 9.48. The van der Waals surface area contributed by atoms with Crippen molar-refractivity contribution in [2.24, 2.45) is 5.92 Å². The number of ether oxygens (including phenoxy) is 1. The van der Waals surface area contributed by atoms with E-state index in [-0.39, 0.29) is 24.2 Å². The molecular weight excluding hydrogens is 408 g/mol. The fourth-order valence-corrected chi connectivity index (χ4v) is 2.87. The van der Waals surface area contributed by atoms with Gasteiger partial charge in [0, 0.05) is 29.8 Å². The monoisotopic (exact) mass is 426 g/mol. The summed E-state index contributed by atoms with van der Waals surface area (Å²) in [6.07, 6.45) is -0.181. The topological polar surface area (TPSA) is 148 Å². The molecule has 0 aromatic heterocycles. The molecule has 3 amide bonds. The van der Waals surface area contributed by atoms with Crippen LogP contribution in [0.15, 0.2) is 54.6 Å². The number of para-hydroxylation sites is 1. The minimum absolute atomic E-state index is 0.113. The maximum Gasteiger partial charge on any atom is 0.311 e. The van der Waals surface area contributed by atoms with Gasteiger partial charge in [-0.2, -0.15) is 0 Å². The van der Waals surface area contributed by atoms with E-state index in [9.17, 15) is 29.3 Å². The first-order chi connectivity index (χ1) is 14.8. The molecule has 0 unspecified atom stereocenters. The Labute approximate surface area is 176 Å². The number of nitro groups is 1. The number of benzene rings is 2. The van der Waals surface area contributed by atoms with Gasteiger partial charge in [0.15, 0.2) is 6.61 Å². The summed E-state index contributed by atoms with van der Waals surface area (Å²) in [6.45, 7) is -0.621. The molecule has 0 bridgehead atoms. The highest BCUT2D eigenvalue weighted by Gasteiger charge is 2.36. The summed E-state index contributed by atoms with van der Waals surface area (Å²) in [5.74, 6) is -3.24. The fourth-order valence-electron chi connectivity index (χ4n) is 2.87. The third-order valence-electron chi connectivity index (χ3n) is 4.44. The molecule has 1 aliphatic rings. The van der Waals surface area contributed by atoms with Crippen molar-refractivity contribution in [3.05, 3.63) is 70.3 Å². The quantitative estimate of drug-likeness (QED) is 0.385. The van der Waals surface area contributed by atoms with E-state index in [1.807, 2.05) is 0 Å². The zero-order valence-electron chi connectivity index (χ0n) is 16.1. The van der Waals surface area contributed by atoms with Crippen molar-refractivity contribution < 1.29 is 28.8 Å². The molecule has 2 N–H and O–H groups in total. The standard InChI is InChI=1S/C20H18N4O7/c25-17(21-15-4-2-1-3-5-15)12-31-20(28)14-10-18(26)23(11-14)22-19(27)13-6-8-16(9-7-13)24(29)30/h1-9,14H,10-12H2,(H,21,25)(H,22,27)/t14-/m0/s1. The van der Waals surface area contributed by atoms with E-state index in [4.69, 9.17) is 4.74 Å². The van der Waals surface area contributed by atoms with Gasteiger partial charge in [0.2, 0.25) is 5.91 Å². The third-order valence-corrected chi connectivity index (χ3v) is 4.44. The normalized spacial score (nSPS) is 15.3. The van der Waals surface area contributed by atoms with Gasteiger partial charge in [-0.05, 0) is 24.3 Å². The van der Waals surface area contributed by atoms with Gasteiger partial charge in [0.25, 0.3) is 17.5 Å². The summed E-state index contributed by atoms with van der Waals surface area (Å²) in [5, 5.41) is 14.2. The molecule has 0 aliphatic carbocycles. The van der Waals surface area contributed by atoms with Gasteiger partial charge in [-0.25, -0.2) is 0 Å². The number of nitrogens with zero attached hydrogens (tertiary/aromatic N) is 2. The van der Waals surface area contributed by atoms with Crippen molar-refractivity contribution in [1.82, 2.24) is 10.4 Å². The molecule has 2 aromatic rings. The molecule has 0 spiro atoms. The number of carbonyl (C=O) groups excluding carboxylic acids is 4. The van der Waals surface area contributed by atoms with Gasteiger partial charge in [0.05, 0.1) is 17.4 Å². The Bertz CT molecular complexity index is 1010. The lowest BCUT2D eigenvalue weighted by Gasteiger charge is -2.17. The van der Waals surface area contributed by atoms with Crippen molar-refractivity contribution >= 4 is 35.1 Å². The second-order valence-corrected chi connectivity index (χ2v) is 6.67. The number of carbonyl (C=O) groups is 4. The van der Waals surface area contributed by atoms with Crippen LogP contribution in [0.25, 0.3) is 0 Å². The smallest absolute Gasteiger partial charge is 0.311 e. The van der Waals surface area contributed by atoms with Crippen LogP contribution >= 0.6 is 0 Å². The number of nitro benzene ring substituents is 1. The van der Waals surface area contributed by atoms with E-state index in [2.05, 4.69) is 10.7 Å². The molecule has 0 radical (unpaired) electrons. The molecule has 31 heavy (non-hydrogen) atoms. The van der Waals surface area contributed by atoms with E-state index >= 15 is 0 Å². The molecule has 1 heterocycles. The second-order valence-electron chi connectivity index (χ2n) is 6.67. The number of rotatable bonds is 7. The number of hydrazine groups is 1. The van der Waals surface area contributed by atoms with Crippen LogP contribution in [0.4, 0.5) is 11.4 Å². The number of hydrogen-bond donors (Lipinski definition) is 2. The van der Waals surface area contributed by atoms with Gasteiger partial charge >= 0.3 is 5.97 Å². The van der Waals surface area contributed by atoms with Gasteiger partial charge in [-0.15, -0.1) is 0 Å². The lowest BCUT2D eigenvalue weighted by Crippen LogP contribution is -2.43. The Morgan fingerprint density at radius 1 is 1.10 bits per heavy atom. The van der Waals surface area contributed by atoms with Gasteiger partial charge < -0.3 is 10.1 Å². The summed E-state index contributed by atoms with van der Waals surface area (Å²) in [6, 6.07) is 13.5. The van der Waals surface area contributed by atoms with Crippen molar-refractivity contribution in [3.63, 3.8) is 0 Å². The molecule has 1 saturated heterocycles. The molecule has 11 nitrogen and oxygen atoms in total. The van der Waals surface area contributed by atoms with Gasteiger partial charge in [0.1, 0.15) is 0 Å². The Morgan fingerprint density at radius 3 is 2.42 bits per heavy atom. The van der Waals surface area contributed by atoms with Crippen LogP contribution in [0, 0.1) is 16.0 Å². The van der Waals surface area contributed by atoms with Crippen LogP contribution in [0.5, 0.6) is 0 Å². The predicted molar refractivity (Wildman–Crippen MR) is 106 cm³/mol. The molecule has 1 aliphatic heterocycles. The SMILES string of the molecule is O=C(COC(=O)[C@H]1CC(=O)N(NC(=O)c2ccc([N+](=O)[O-])cc2)C1)Nc1ccccc1. The molecule has 160 valence electrons. The Kier molecular flexibility index (Phi) is 6.55. The summed E-state index contributed by atoms with van der Waals surface area (Å²) >= 11 is 0. The largest absolute Gasteiger partial charge is 0.455 e. The van der Waals surface area contributed by atoms with Crippen LogP contribution in [0.1, 0.15) is 16.8 Å². The van der Waals surface area contributed by atoms with Crippen LogP contribution in [0.2, 0.25) is 0 Å². The van der Waals surface area contributed by atoms with Gasteiger partial charge in [-0.1, -0.05) is 18.2 Å². The minimum Gasteiger partial charge on any atom is -0.455 e. The maximum absolute atomic E-state index is 12.2. The summed E-state index contributed by atoms with van der Waals surface area (Å²) in [4.78, 5) is 58.5. The molecular formula is C20H18N4O7. The van der Waals surface area contributed by atoms with E-state index < -0.39 is 41.1 Å². The Balaban J connectivity index is 1.48.